The normalized spacial score (nSPS) is 17.9. The van der Waals surface area contributed by atoms with Crippen molar-refractivity contribution in [2.75, 3.05) is 13.1 Å². The summed E-state index contributed by atoms with van der Waals surface area (Å²) in [7, 11) is 0. The van der Waals surface area contributed by atoms with Gasteiger partial charge in [0.05, 0.1) is 25.6 Å². The van der Waals surface area contributed by atoms with Crippen LogP contribution in [0.3, 0.4) is 0 Å². The van der Waals surface area contributed by atoms with Crippen molar-refractivity contribution in [1.29, 1.82) is 0 Å². The highest BCUT2D eigenvalue weighted by Crippen LogP contribution is 2.16. The van der Waals surface area contributed by atoms with Crippen molar-refractivity contribution in [2.45, 2.75) is 45.8 Å². The topological polar surface area (TPSA) is 114 Å². The zero-order valence-corrected chi connectivity index (χ0v) is 14.9. The van der Waals surface area contributed by atoms with E-state index in [2.05, 4.69) is 20.8 Å². The molecule has 9 heteroatoms. The lowest BCUT2D eigenvalue weighted by Gasteiger charge is -2.34. The second-order valence-electron chi connectivity index (χ2n) is 6.21. The van der Waals surface area contributed by atoms with E-state index in [1.165, 1.54) is 0 Å². The van der Waals surface area contributed by atoms with E-state index in [9.17, 15) is 9.59 Å². The number of piperazine rings is 1. The summed E-state index contributed by atoms with van der Waals surface area (Å²) in [5.74, 6) is 2.08. The largest absolute Gasteiger partial charge is 0.465 e. The molecule has 1 aliphatic rings. The second-order valence-corrected chi connectivity index (χ2v) is 6.21. The Bertz CT molecular complexity index is 769. The van der Waals surface area contributed by atoms with Crippen molar-refractivity contribution in [3.63, 3.8) is 0 Å². The highest BCUT2D eigenvalue weighted by molar-refractivity contribution is 5.88. The molecule has 2 aromatic heterocycles. The third-order valence-electron chi connectivity index (χ3n) is 4.22. The molecule has 1 saturated heterocycles. The molecule has 1 atom stereocenters. The Labute approximate surface area is 151 Å². The maximum Gasteiger partial charge on any atom is 0.237 e. The lowest BCUT2D eigenvalue weighted by molar-refractivity contribution is -0.134. The summed E-state index contributed by atoms with van der Waals surface area (Å²) in [5, 5.41) is 13.2. The van der Waals surface area contributed by atoms with Crippen LogP contribution in [0.5, 0.6) is 0 Å². The highest BCUT2D eigenvalue weighted by atomic mass is 16.4. The number of nitrogens with one attached hydrogen (secondary N) is 2. The van der Waals surface area contributed by atoms with Gasteiger partial charge in [0.15, 0.2) is 0 Å². The quantitative estimate of drug-likeness (QED) is 0.740. The summed E-state index contributed by atoms with van der Waals surface area (Å²) in [6.07, 6.45) is 0.699. The summed E-state index contributed by atoms with van der Waals surface area (Å²) < 4.78 is 10.9. The van der Waals surface area contributed by atoms with Gasteiger partial charge in [0.1, 0.15) is 11.5 Å². The summed E-state index contributed by atoms with van der Waals surface area (Å²) in [6.45, 7) is 5.64. The molecule has 26 heavy (non-hydrogen) atoms. The minimum Gasteiger partial charge on any atom is -0.465 e. The first kappa shape index (κ1) is 18.1. The van der Waals surface area contributed by atoms with Crippen LogP contribution in [0.25, 0.3) is 0 Å². The molecule has 0 bridgehead atoms. The molecule has 0 radical (unpaired) electrons. The molecule has 2 N–H and O–H groups in total. The number of hydrogen-bond donors (Lipinski definition) is 2. The molecule has 140 valence electrons. The molecule has 1 aliphatic heterocycles. The second kappa shape index (κ2) is 8.13. The molecule has 0 aromatic carbocycles. The van der Waals surface area contributed by atoms with Crippen LogP contribution in [0.1, 0.15) is 36.6 Å². The van der Waals surface area contributed by atoms with E-state index in [1.807, 2.05) is 30.9 Å². The third-order valence-corrected chi connectivity index (χ3v) is 4.22. The fourth-order valence-corrected chi connectivity index (χ4v) is 2.87. The molecule has 1 fully saturated rings. The SMILES string of the molecule is CCc1nnc(CNC(=O)CC2C(=O)NCCN2Cc2ccc(C)o2)o1. The summed E-state index contributed by atoms with van der Waals surface area (Å²) in [4.78, 5) is 26.5. The number of nitrogens with zero attached hydrogens (tertiary/aromatic N) is 3. The van der Waals surface area contributed by atoms with Crippen molar-refractivity contribution >= 4 is 11.8 Å². The Hall–Kier alpha value is -2.68. The number of furan rings is 1. The van der Waals surface area contributed by atoms with Crippen molar-refractivity contribution < 1.29 is 18.4 Å². The van der Waals surface area contributed by atoms with Crippen LogP contribution >= 0.6 is 0 Å². The summed E-state index contributed by atoms with van der Waals surface area (Å²) in [6, 6.07) is 3.23. The first-order chi connectivity index (χ1) is 12.5. The Morgan fingerprint density at radius 3 is 2.85 bits per heavy atom. The highest BCUT2D eigenvalue weighted by Gasteiger charge is 2.32. The minimum absolute atomic E-state index is 0.0558. The lowest BCUT2D eigenvalue weighted by Crippen LogP contribution is -2.56. The third kappa shape index (κ3) is 4.48. The van der Waals surface area contributed by atoms with Crippen molar-refractivity contribution in [3.8, 4) is 0 Å². The van der Waals surface area contributed by atoms with Crippen LogP contribution in [0, 0.1) is 6.92 Å². The minimum atomic E-state index is -0.539. The molecule has 0 saturated carbocycles. The van der Waals surface area contributed by atoms with E-state index in [4.69, 9.17) is 8.83 Å². The Morgan fingerprint density at radius 2 is 2.15 bits per heavy atom. The van der Waals surface area contributed by atoms with Crippen LogP contribution in [0.2, 0.25) is 0 Å². The number of amides is 2. The van der Waals surface area contributed by atoms with E-state index in [-0.39, 0.29) is 24.8 Å². The van der Waals surface area contributed by atoms with Gasteiger partial charge in [-0.15, -0.1) is 10.2 Å². The van der Waals surface area contributed by atoms with Crippen LogP contribution in [0.15, 0.2) is 21.0 Å². The van der Waals surface area contributed by atoms with Crippen LogP contribution in [-0.4, -0.2) is 46.0 Å². The number of aromatic nitrogens is 2. The molecular weight excluding hydrogens is 338 g/mol. The van der Waals surface area contributed by atoms with E-state index in [1.54, 1.807) is 0 Å². The number of carbonyl (C=O) groups excluding carboxylic acids is 2. The first-order valence-electron chi connectivity index (χ1n) is 8.70. The Balaban J connectivity index is 1.57. The zero-order valence-electron chi connectivity index (χ0n) is 14.9. The van der Waals surface area contributed by atoms with Crippen LogP contribution < -0.4 is 10.6 Å². The zero-order chi connectivity index (χ0) is 18.5. The molecule has 1 unspecified atom stereocenters. The predicted molar refractivity (Wildman–Crippen MR) is 90.8 cm³/mol. The van der Waals surface area contributed by atoms with E-state index < -0.39 is 6.04 Å². The number of rotatable bonds is 7. The molecule has 0 aliphatic carbocycles. The Kier molecular flexibility index (Phi) is 5.67. The molecule has 3 rings (SSSR count). The fourth-order valence-electron chi connectivity index (χ4n) is 2.87. The lowest BCUT2D eigenvalue weighted by atomic mass is 10.1. The predicted octanol–water partition coefficient (Wildman–Crippen LogP) is 0.540. The molecule has 0 spiro atoms. The van der Waals surface area contributed by atoms with Gasteiger partial charge in [-0.2, -0.15) is 0 Å². The number of carbonyl (C=O) groups is 2. The first-order valence-corrected chi connectivity index (χ1v) is 8.70. The summed E-state index contributed by atoms with van der Waals surface area (Å²) >= 11 is 0. The molecule has 2 amide bonds. The van der Waals surface area contributed by atoms with E-state index in [0.717, 1.165) is 11.5 Å². The van der Waals surface area contributed by atoms with Gasteiger partial charge in [-0.3, -0.25) is 14.5 Å². The summed E-state index contributed by atoms with van der Waals surface area (Å²) in [5.41, 5.74) is 0. The van der Waals surface area contributed by atoms with Gasteiger partial charge < -0.3 is 19.5 Å². The van der Waals surface area contributed by atoms with Gasteiger partial charge in [0.25, 0.3) is 0 Å². The van der Waals surface area contributed by atoms with Gasteiger partial charge >= 0.3 is 0 Å². The number of aryl methyl sites for hydroxylation is 2. The molecule has 2 aromatic rings. The van der Waals surface area contributed by atoms with Gasteiger partial charge in [-0.05, 0) is 19.1 Å². The standard InChI is InChI=1S/C17H23N5O4/c1-3-15-20-21-16(26-15)9-19-14(23)8-13-17(24)18-6-7-22(13)10-12-5-4-11(2)25-12/h4-5,13H,3,6-10H2,1-2H3,(H,18,24)(H,19,23). The molecule has 3 heterocycles. The van der Waals surface area contributed by atoms with E-state index in [0.29, 0.717) is 37.8 Å². The molecule has 9 nitrogen and oxygen atoms in total. The molecular formula is C17H23N5O4. The van der Waals surface area contributed by atoms with Crippen LogP contribution in [-0.2, 0) is 29.1 Å². The smallest absolute Gasteiger partial charge is 0.237 e. The number of hydrogen-bond acceptors (Lipinski definition) is 7. The van der Waals surface area contributed by atoms with Crippen molar-refractivity contribution in [3.05, 3.63) is 35.4 Å². The average Bonchev–Trinajstić information content (AvgIpc) is 3.25. The van der Waals surface area contributed by atoms with Gasteiger partial charge in [-0.1, -0.05) is 6.92 Å². The van der Waals surface area contributed by atoms with Gasteiger partial charge in [0, 0.05) is 19.5 Å². The van der Waals surface area contributed by atoms with E-state index >= 15 is 0 Å². The van der Waals surface area contributed by atoms with Crippen molar-refractivity contribution in [2.24, 2.45) is 0 Å². The Morgan fingerprint density at radius 1 is 1.35 bits per heavy atom. The van der Waals surface area contributed by atoms with Gasteiger partial charge in [-0.25, -0.2) is 0 Å². The van der Waals surface area contributed by atoms with Crippen LogP contribution in [0.4, 0.5) is 0 Å². The average molecular weight is 361 g/mol. The van der Waals surface area contributed by atoms with Gasteiger partial charge in [0.2, 0.25) is 23.6 Å². The van der Waals surface area contributed by atoms with Crippen molar-refractivity contribution in [1.82, 2.24) is 25.7 Å². The maximum atomic E-state index is 12.3. The fraction of sp³-hybridized carbons (Fsp3) is 0.529. The maximum absolute atomic E-state index is 12.3. The monoisotopic (exact) mass is 361 g/mol.